The number of hydrogen-bond donors (Lipinski definition) is 1. The topological polar surface area (TPSA) is 62.1 Å². The summed E-state index contributed by atoms with van der Waals surface area (Å²) in [5.41, 5.74) is 0.741. The summed E-state index contributed by atoms with van der Waals surface area (Å²) >= 11 is 0. The zero-order chi connectivity index (χ0) is 15.4. The maximum absolute atomic E-state index is 12.4. The number of carbonyl (C=O) groups is 1. The fourth-order valence-corrected chi connectivity index (χ4v) is 2.37. The molecule has 0 radical (unpaired) electrons. The van der Waals surface area contributed by atoms with Crippen LogP contribution in [0.4, 0.5) is 8.78 Å². The van der Waals surface area contributed by atoms with Crippen molar-refractivity contribution in [2.24, 2.45) is 11.1 Å². The zero-order valence-corrected chi connectivity index (χ0v) is 11.5. The molecule has 1 N–H and O–H groups in total. The Morgan fingerprint density at radius 2 is 2.19 bits per heavy atom. The normalized spacial score (nSPS) is 20.9. The Bertz CT molecular complexity index is 549. The third-order valence-electron chi connectivity index (χ3n) is 3.45. The number of oxime groups is 1. The Labute approximate surface area is 120 Å². The second-order valence-corrected chi connectivity index (χ2v) is 4.87. The number of rotatable bonds is 3. The Hall–Kier alpha value is -2.18. The van der Waals surface area contributed by atoms with Crippen LogP contribution in [0.15, 0.2) is 29.4 Å². The average Bonchev–Trinajstić information content (AvgIpc) is 2.46. The molecular formula is C14H16F2N2O3. The lowest BCUT2D eigenvalue weighted by atomic mass is 9.97. The van der Waals surface area contributed by atoms with Crippen LogP contribution >= 0.6 is 0 Å². The molecular weight excluding hydrogens is 282 g/mol. The van der Waals surface area contributed by atoms with E-state index in [1.54, 1.807) is 11.0 Å². The van der Waals surface area contributed by atoms with Crippen molar-refractivity contribution in [1.82, 2.24) is 4.90 Å². The molecule has 1 amide bonds. The SMILES string of the molecule is CC1CN(C(=O)c2ccccc2OC(F)F)CC/C1=N\O. The molecule has 0 bridgehead atoms. The van der Waals surface area contributed by atoms with E-state index in [0.717, 1.165) is 0 Å². The van der Waals surface area contributed by atoms with Crippen LogP contribution in [-0.2, 0) is 0 Å². The molecule has 0 saturated carbocycles. The van der Waals surface area contributed by atoms with Crippen molar-refractivity contribution < 1.29 is 23.5 Å². The summed E-state index contributed by atoms with van der Waals surface area (Å²) in [5, 5.41) is 12.0. The minimum atomic E-state index is -2.98. The quantitative estimate of drug-likeness (QED) is 0.689. The molecule has 1 aliphatic rings. The lowest BCUT2D eigenvalue weighted by molar-refractivity contribution is -0.0502. The van der Waals surface area contributed by atoms with Gasteiger partial charge in [-0.1, -0.05) is 24.2 Å². The predicted molar refractivity (Wildman–Crippen MR) is 72.0 cm³/mol. The summed E-state index contributed by atoms with van der Waals surface area (Å²) in [5.74, 6) is -0.572. The number of carbonyl (C=O) groups excluding carboxylic acids is 1. The van der Waals surface area contributed by atoms with Gasteiger partial charge in [0.25, 0.3) is 5.91 Å². The van der Waals surface area contributed by atoms with Crippen molar-refractivity contribution in [1.29, 1.82) is 0 Å². The van der Waals surface area contributed by atoms with Gasteiger partial charge in [0, 0.05) is 25.4 Å². The summed E-state index contributed by atoms with van der Waals surface area (Å²) in [6.45, 7) is -0.379. The molecule has 1 aliphatic heterocycles. The molecule has 0 aliphatic carbocycles. The van der Waals surface area contributed by atoms with E-state index in [1.807, 2.05) is 6.92 Å². The second kappa shape index (κ2) is 6.51. The smallest absolute Gasteiger partial charge is 0.387 e. The lowest BCUT2D eigenvalue weighted by Gasteiger charge is -2.31. The van der Waals surface area contributed by atoms with Crippen molar-refractivity contribution in [3.63, 3.8) is 0 Å². The Morgan fingerprint density at radius 1 is 1.48 bits per heavy atom. The summed E-state index contributed by atoms with van der Waals surface area (Å²) in [7, 11) is 0. The van der Waals surface area contributed by atoms with E-state index >= 15 is 0 Å². The van der Waals surface area contributed by atoms with Crippen LogP contribution in [0.1, 0.15) is 23.7 Å². The van der Waals surface area contributed by atoms with E-state index < -0.39 is 6.61 Å². The van der Waals surface area contributed by atoms with Gasteiger partial charge in [0.05, 0.1) is 11.3 Å². The lowest BCUT2D eigenvalue weighted by Crippen LogP contribution is -2.43. The molecule has 1 aromatic carbocycles. The first-order valence-electron chi connectivity index (χ1n) is 6.57. The fraction of sp³-hybridized carbons (Fsp3) is 0.429. The van der Waals surface area contributed by atoms with E-state index in [0.29, 0.717) is 25.2 Å². The molecule has 114 valence electrons. The van der Waals surface area contributed by atoms with Crippen LogP contribution in [0.2, 0.25) is 0 Å². The van der Waals surface area contributed by atoms with Gasteiger partial charge in [-0.3, -0.25) is 4.79 Å². The number of amides is 1. The first-order chi connectivity index (χ1) is 10.0. The third-order valence-corrected chi connectivity index (χ3v) is 3.45. The van der Waals surface area contributed by atoms with Crippen molar-refractivity contribution >= 4 is 11.6 Å². The molecule has 21 heavy (non-hydrogen) atoms. The van der Waals surface area contributed by atoms with Gasteiger partial charge in [0.15, 0.2) is 0 Å². The average molecular weight is 298 g/mol. The van der Waals surface area contributed by atoms with Crippen LogP contribution in [0.25, 0.3) is 0 Å². The number of piperidine rings is 1. The monoisotopic (exact) mass is 298 g/mol. The van der Waals surface area contributed by atoms with Gasteiger partial charge in [-0.25, -0.2) is 0 Å². The standard InChI is InChI=1S/C14H16F2N2O3/c1-9-8-18(7-6-11(9)17-20)13(19)10-4-2-3-5-12(10)21-14(15)16/h2-5,9,14,20H,6-8H2,1H3/b17-11+. The first-order valence-corrected chi connectivity index (χ1v) is 6.57. The molecule has 0 spiro atoms. The van der Waals surface area contributed by atoms with E-state index in [4.69, 9.17) is 5.21 Å². The van der Waals surface area contributed by atoms with Crippen molar-refractivity contribution in [2.45, 2.75) is 20.0 Å². The summed E-state index contributed by atoms with van der Waals surface area (Å²) in [4.78, 5) is 14.0. The molecule has 2 rings (SSSR count). The molecule has 1 heterocycles. The van der Waals surface area contributed by atoms with E-state index in [-0.39, 0.29) is 23.1 Å². The third kappa shape index (κ3) is 3.48. The number of nitrogens with zero attached hydrogens (tertiary/aromatic N) is 2. The first kappa shape index (κ1) is 15.2. The molecule has 7 heteroatoms. The minimum Gasteiger partial charge on any atom is -0.434 e. The minimum absolute atomic E-state index is 0.0733. The van der Waals surface area contributed by atoms with Crippen molar-refractivity contribution in [2.75, 3.05) is 13.1 Å². The van der Waals surface area contributed by atoms with Crippen LogP contribution in [0.3, 0.4) is 0 Å². The van der Waals surface area contributed by atoms with E-state index in [1.165, 1.54) is 18.2 Å². The van der Waals surface area contributed by atoms with Gasteiger partial charge in [0.1, 0.15) is 5.75 Å². The molecule has 1 aromatic rings. The Balaban J connectivity index is 2.17. The van der Waals surface area contributed by atoms with E-state index in [2.05, 4.69) is 9.89 Å². The van der Waals surface area contributed by atoms with Crippen molar-refractivity contribution in [3.05, 3.63) is 29.8 Å². The van der Waals surface area contributed by atoms with Crippen LogP contribution in [-0.4, -0.2) is 41.4 Å². The number of ether oxygens (including phenoxy) is 1. The zero-order valence-electron chi connectivity index (χ0n) is 11.5. The molecule has 1 atom stereocenters. The largest absolute Gasteiger partial charge is 0.434 e. The van der Waals surface area contributed by atoms with Crippen LogP contribution < -0.4 is 4.74 Å². The highest BCUT2D eigenvalue weighted by Crippen LogP contribution is 2.24. The maximum Gasteiger partial charge on any atom is 0.387 e. The number of benzene rings is 1. The molecule has 1 unspecified atom stereocenters. The number of likely N-dealkylation sites (tertiary alicyclic amines) is 1. The van der Waals surface area contributed by atoms with E-state index in [9.17, 15) is 13.6 Å². The maximum atomic E-state index is 12.4. The van der Waals surface area contributed by atoms with Gasteiger partial charge in [-0.2, -0.15) is 8.78 Å². The molecule has 1 fully saturated rings. The second-order valence-electron chi connectivity index (χ2n) is 4.87. The molecule has 0 aromatic heterocycles. The summed E-state index contributed by atoms with van der Waals surface area (Å²) in [6, 6.07) is 5.93. The van der Waals surface area contributed by atoms with Gasteiger partial charge < -0.3 is 14.8 Å². The highest BCUT2D eigenvalue weighted by Gasteiger charge is 2.28. The van der Waals surface area contributed by atoms with Crippen molar-refractivity contribution in [3.8, 4) is 5.75 Å². The fourth-order valence-electron chi connectivity index (χ4n) is 2.37. The van der Waals surface area contributed by atoms with Gasteiger partial charge in [-0.05, 0) is 12.1 Å². The van der Waals surface area contributed by atoms with Gasteiger partial charge in [-0.15, -0.1) is 0 Å². The van der Waals surface area contributed by atoms with Gasteiger partial charge >= 0.3 is 6.61 Å². The Kier molecular flexibility index (Phi) is 4.72. The molecule has 1 saturated heterocycles. The number of hydrogen-bond acceptors (Lipinski definition) is 4. The van der Waals surface area contributed by atoms with Crippen LogP contribution in [0.5, 0.6) is 5.75 Å². The summed E-state index contributed by atoms with van der Waals surface area (Å²) < 4.78 is 29.1. The highest BCUT2D eigenvalue weighted by molar-refractivity contribution is 5.98. The Morgan fingerprint density at radius 3 is 2.81 bits per heavy atom. The molecule has 5 nitrogen and oxygen atoms in total. The van der Waals surface area contributed by atoms with Gasteiger partial charge in [0.2, 0.25) is 0 Å². The predicted octanol–water partition coefficient (Wildman–Crippen LogP) is 2.60. The number of halogens is 2. The number of alkyl halides is 2. The summed E-state index contributed by atoms with van der Waals surface area (Å²) in [6.07, 6.45) is 0.460. The number of para-hydroxylation sites is 1. The van der Waals surface area contributed by atoms with Crippen LogP contribution in [0, 0.1) is 5.92 Å². The highest BCUT2D eigenvalue weighted by atomic mass is 19.3.